The van der Waals surface area contributed by atoms with Crippen LogP contribution in [0, 0.1) is 0 Å². The van der Waals surface area contributed by atoms with E-state index in [0.29, 0.717) is 23.8 Å². The van der Waals surface area contributed by atoms with Crippen LogP contribution in [-0.4, -0.2) is 49.2 Å². The van der Waals surface area contributed by atoms with Crippen molar-refractivity contribution in [3.63, 3.8) is 0 Å². The van der Waals surface area contributed by atoms with Gasteiger partial charge < -0.3 is 20.6 Å². The molecule has 3 N–H and O–H groups in total. The first-order valence-electron chi connectivity index (χ1n) is 6.53. The van der Waals surface area contributed by atoms with Gasteiger partial charge in [-0.1, -0.05) is 0 Å². The first-order chi connectivity index (χ1) is 9.04. The summed E-state index contributed by atoms with van der Waals surface area (Å²) >= 11 is 0. The summed E-state index contributed by atoms with van der Waals surface area (Å²) in [5, 5.41) is 9.21. The van der Waals surface area contributed by atoms with Gasteiger partial charge in [-0.3, -0.25) is 4.79 Å². The molecule has 0 aliphatic heterocycles. The third-order valence-corrected chi connectivity index (χ3v) is 3.30. The van der Waals surface area contributed by atoms with E-state index in [0.717, 1.165) is 18.5 Å². The summed E-state index contributed by atoms with van der Waals surface area (Å²) < 4.78 is 0. The van der Waals surface area contributed by atoms with Crippen molar-refractivity contribution in [2.24, 2.45) is 0 Å². The minimum Gasteiger partial charge on any atom is -0.399 e. The SMILES string of the molecule is CN(C)C(=O)c1ccc(N)cc1N(CCO)C1CC1. The summed E-state index contributed by atoms with van der Waals surface area (Å²) in [5.74, 6) is -0.0430. The molecular weight excluding hydrogens is 242 g/mol. The number of nitrogens with two attached hydrogens (primary N) is 1. The Morgan fingerprint density at radius 2 is 2.11 bits per heavy atom. The van der Waals surface area contributed by atoms with Crippen LogP contribution in [-0.2, 0) is 0 Å². The number of benzene rings is 1. The highest BCUT2D eigenvalue weighted by molar-refractivity contribution is 6.00. The fourth-order valence-corrected chi connectivity index (χ4v) is 2.20. The third kappa shape index (κ3) is 2.98. The molecule has 2 rings (SSSR count). The lowest BCUT2D eigenvalue weighted by Gasteiger charge is -2.27. The van der Waals surface area contributed by atoms with Gasteiger partial charge in [0.1, 0.15) is 0 Å². The molecule has 1 aromatic rings. The number of anilines is 2. The molecular formula is C14H21N3O2. The summed E-state index contributed by atoms with van der Waals surface area (Å²) in [6.07, 6.45) is 2.20. The molecule has 5 nitrogen and oxygen atoms in total. The lowest BCUT2D eigenvalue weighted by atomic mass is 10.1. The predicted octanol–water partition coefficient (Wildman–Crippen LogP) is 0.932. The molecule has 1 aliphatic carbocycles. The number of hydrogen-bond acceptors (Lipinski definition) is 4. The van der Waals surface area contributed by atoms with Crippen molar-refractivity contribution in [2.45, 2.75) is 18.9 Å². The van der Waals surface area contributed by atoms with E-state index in [9.17, 15) is 9.90 Å². The Bertz CT molecular complexity index is 470. The Morgan fingerprint density at radius 1 is 1.42 bits per heavy atom. The molecule has 0 aromatic heterocycles. The molecule has 0 saturated heterocycles. The first-order valence-corrected chi connectivity index (χ1v) is 6.53. The zero-order valence-corrected chi connectivity index (χ0v) is 11.5. The van der Waals surface area contributed by atoms with E-state index in [2.05, 4.69) is 4.90 Å². The summed E-state index contributed by atoms with van der Waals surface area (Å²) in [7, 11) is 3.46. The molecule has 1 fully saturated rings. The number of amides is 1. The van der Waals surface area contributed by atoms with Crippen LogP contribution in [0.25, 0.3) is 0 Å². The molecule has 0 heterocycles. The van der Waals surface area contributed by atoms with Crippen molar-refractivity contribution in [2.75, 3.05) is 37.9 Å². The Kier molecular flexibility index (Phi) is 3.95. The lowest BCUT2D eigenvalue weighted by molar-refractivity contribution is 0.0828. The van der Waals surface area contributed by atoms with Crippen LogP contribution in [0.4, 0.5) is 11.4 Å². The smallest absolute Gasteiger partial charge is 0.255 e. The fraction of sp³-hybridized carbons (Fsp3) is 0.500. The molecule has 104 valence electrons. The highest BCUT2D eigenvalue weighted by Crippen LogP contribution is 2.34. The van der Waals surface area contributed by atoms with Gasteiger partial charge in [-0.05, 0) is 31.0 Å². The van der Waals surface area contributed by atoms with Gasteiger partial charge in [0.15, 0.2) is 0 Å². The topological polar surface area (TPSA) is 69.8 Å². The number of aliphatic hydroxyl groups is 1. The van der Waals surface area contributed by atoms with Gasteiger partial charge in [0.2, 0.25) is 0 Å². The number of carbonyl (C=O) groups is 1. The van der Waals surface area contributed by atoms with Gasteiger partial charge in [-0.2, -0.15) is 0 Å². The molecule has 0 unspecified atom stereocenters. The van der Waals surface area contributed by atoms with Gasteiger partial charge in [0.25, 0.3) is 5.91 Å². The van der Waals surface area contributed by atoms with E-state index in [1.165, 1.54) is 0 Å². The van der Waals surface area contributed by atoms with Crippen LogP contribution in [0.2, 0.25) is 0 Å². The maximum Gasteiger partial charge on any atom is 0.255 e. The predicted molar refractivity (Wildman–Crippen MR) is 76.3 cm³/mol. The number of nitrogens with zero attached hydrogens (tertiary/aromatic N) is 2. The molecule has 0 spiro atoms. The van der Waals surface area contributed by atoms with E-state index >= 15 is 0 Å². The van der Waals surface area contributed by atoms with E-state index < -0.39 is 0 Å². The first kappa shape index (κ1) is 13.7. The van der Waals surface area contributed by atoms with E-state index in [1.54, 1.807) is 31.1 Å². The molecule has 1 amide bonds. The standard InChI is InChI=1S/C14H21N3O2/c1-16(2)14(19)12-6-3-10(15)9-13(12)17(7-8-18)11-4-5-11/h3,6,9,11,18H,4-5,7-8,15H2,1-2H3. The number of nitrogen functional groups attached to an aromatic ring is 1. The van der Waals surface area contributed by atoms with Crippen molar-refractivity contribution in [1.82, 2.24) is 4.90 Å². The maximum atomic E-state index is 12.2. The van der Waals surface area contributed by atoms with Crippen molar-refractivity contribution >= 4 is 17.3 Å². The Balaban J connectivity index is 2.40. The van der Waals surface area contributed by atoms with Crippen molar-refractivity contribution < 1.29 is 9.90 Å². The summed E-state index contributed by atoms with van der Waals surface area (Å²) in [6.45, 7) is 0.600. The average molecular weight is 263 g/mol. The average Bonchev–Trinajstić information content (AvgIpc) is 3.19. The number of aliphatic hydroxyl groups excluding tert-OH is 1. The fourth-order valence-electron chi connectivity index (χ4n) is 2.20. The van der Waals surface area contributed by atoms with Gasteiger partial charge in [0.05, 0.1) is 17.9 Å². The normalized spacial score (nSPS) is 14.3. The van der Waals surface area contributed by atoms with Crippen LogP contribution >= 0.6 is 0 Å². The minimum atomic E-state index is -0.0430. The molecule has 19 heavy (non-hydrogen) atoms. The molecule has 0 atom stereocenters. The second-order valence-electron chi connectivity index (χ2n) is 5.12. The molecule has 0 radical (unpaired) electrons. The largest absolute Gasteiger partial charge is 0.399 e. The maximum absolute atomic E-state index is 12.2. The van der Waals surface area contributed by atoms with Crippen LogP contribution in [0.3, 0.4) is 0 Å². The second kappa shape index (κ2) is 5.48. The minimum absolute atomic E-state index is 0.0430. The Hall–Kier alpha value is -1.75. The number of hydrogen-bond donors (Lipinski definition) is 2. The van der Waals surface area contributed by atoms with Gasteiger partial charge in [-0.15, -0.1) is 0 Å². The van der Waals surface area contributed by atoms with Crippen LogP contribution in [0.5, 0.6) is 0 Å². The van der Waals surface area contributed by atoms with Crippen molar-refractivity contribution in [3.8, 4) is 0 Å². The van der Waals surface area contributed by atoms with Crippen LogP contribution in [0.15, 0.2) is 18.2 Å². The highest BCUT2D eigenvalue weighted by atomic mass is 16.3. The quantitative estimate of drug-likeness (QED) is 0.775. The van der Waals surface area contributed by atoms with Crippen LogP contribution in [0.1, 0.15) is 23.2 Å². The molecule has 0 bridgehead atoms. The Labute approximate surface area is 113 Å². The zero-order valence-electron chi connectivity index (χ0n) is 11.5. The number of rotatable bonds is 5. The van der Waals surface area contributed by atoms with E-state index in [4.69, 9.17) is 5.73 Å². The number of carbonyl (C=O) groups excluding carboxylic acids is 1. The van der Waals surface area contributed by atoms with E-state index in [-0.39, 0.29) is 12.5 Å². The lowest BCUT2D eigenvalue weighted by Crippen LogP contribution is -2.32. The third-order valence-electron chi connectivity index (χ3n) is 3.30. The summed E-state index contributed by atoms with van der Waals surface area (Å²) in [6, 6.07) is 5.75. The second-order valence-corrected chi connectivity index (χ2v) is 5.12. The van der Waals surface area contributed by atoms with Gasteiger partial charge in [-0.25, -0.2) is 0 Å². The van der Waals surface area contributed by atoms with Gasteiger partial charge in [0, 0.05) is 32.4 Å². The summed E-state index contributed by atoms with van der Waals surface area (Å²) in [5.41, 5.74) is 7.94. The van der Waals surface area contributed by atoms with Crippen molar-refractivity contribution in [3.05, 3.63) is 23.8 Å². The Morgan fingerprint density at radius 3 is 2.63 bits per heavy atom. The molecule has 1 aromatic carbocycles. The van der Waals surface area contributed by atoms with Crippen molar-refractivity contribution in [1.29, 1.82) is 0 Å². The molecule has 1 aliphatic rings. The summed E-state index contributed by atoms with van der Waals surface area (Å²) in [4.78, 5) is 15.9. The zero-order chi connectivity index (χ0) is 14.0. The molecule has 1 saturated carbocycles. The van der Waals surface area contributed by atoms with Gasteiger partial charge >= 0.3 is 0 Å². The monoisotopic (exact) mass is 263 g/mol. The van der Waals surface area contributed by atoms with E-state index in [1.807, 2.05) is 6.07 Å². The highest BCUT2D eigenvalue weighted by Gasteiger charge is 2.31. The van der Waals surface area contributed by atoms with Crippen LogP contribution < -0.4 is 10.6 Å². The molecule has 5 heteroatoms.